The smallest absolute Gasteiger partial charge is 0.226 e. The zero-order valence-electron chi connectivity index (χ0n) is 14.3. The molecule has 0 radical (unpaired) electrons. The van der Waals surface area contributed by atoms with Crippen LogP contribution in [0.15, 0.2) is 60.7 Å². The zero-order chi connectivity index (χ0) is 17.2. The fourth-order valence-electron chi connectivity index (χ4n) is 3.05. The third kappa shape index (κ3) is 3.01. The Morgan fingerprint density at radius 1 is 1.08 bits per heavy atom. The molecule has 0 aliphatic carbocycles. The van der Waals surface area contributed by atoms with Crippen LogP contribution < -0.4 is 10.1 Å². The average Bonchev–Trinajstić information content (AvgIpc) is 3.02. The molecule has 1 aromatic heterocycles. The Balaban J connectivity index is 1.74. The molecule has 126 valence electrons. The van der Waals surface area contributed by atoms with Crippen molar-refractivity contribution >= 4 is 11.6 Å². The van der Waals surface area contributed by atoms with Gasteiger partial charge in [0.15, 0.2) is 0 Å². The first-order valence-corrected chi connectivity index (χ1v) is 8.45. The van der Waals surface area contributed by atoms with Crippen LogP contribution in [0.4, 0.5) is 5.95 Å². The number of anilines is 1. The monoisotopic (exact) mass is 332 g/mol. The van der Waals surface area contributed by atoms with Crippen molar-refractivity contribution in [3.63, 3.8) is 0 Å². The fraction of sp³-hybridized carbons (Fsp3) is 0.200. The molecular weight excluding hydrogens is 312 g/mol. The first-order chi connectivity index (χ1) is 12.2. The van der Waals surface area contributed by atoms with Crippen LogP contribution in [0.3, 0.4) is 0 Å². The van der Waals surface area contributed by atoms with Gasteiger partial charge in [-0.2, -0.15) is 10.1 Å². The minimum absolute atomic E-state index is 0.0141. The lowest BCUT2D eigenvalue weighted by Gasteiger charge is -2.24. The highest BCUT2D eigenvalue weighted by Gasteiger charge is 2.24. The van der Waals surface area contributed by atoms with Crippen molar-refractivity contribution in [2.45, 2.75) is 19.9 Å². The predicted octanol–water partition coefficient (Wildman–Crippen LogP) is 4.04. The van der Waals surface area contributed by atoms with Gasteiger partial charge in [-0.1, -0.05) is 30.3 Å². The van der Waals surface area contributed by atoms with E-state index in [0.717, 1.165) is 28.8 Å². The van der Waals surface area contributed by atoms with Gasteiger partial charge < -0.3 is 10.1 Å². The average molecular weight is 332 g/mol. The van der Waals surface area contributed by atoms with Gasteiger partial charge in [-0.25, -0.2) is 4.68 Å². The zero-order valence-corrected chi connectivity index (χ0v) is 14.3. The molecule has 4 rings (SSSR count). The second kappa shape index (κ2) is 6.43. The maximum atomic E-state index is 5.53. The van der Waals surface area contributed by atoms with Gasteiger partial charge in [0.05, 0.1) is 6.61 Å². The molecule has 0 fully saturated rings. The van der Waals surface area contributed by atoms with Crippen molar-refractivity contribution < 1.29 is 4.74 Å². The molecule has 1 aliphatic rings. The van der Waals surface area contributed by atoms with E-state index in [1.165, 1.54) is 5.56 Å². The van der Waals surface area contributed by atoms with Crippen LogP contribution in [0.5, 0.6) is 5.75 Å². The number of allylic oxidation sites excluding steroid dienone is 1. The Labute approximate surface area is 147 Å². The highest BCUT2D eigenvalue weighted by atomic mass is 16.5. The number of nitrogens with zero attached hydrogens (tertiary/aromatic N) is 3. The van der Waals surface area contributed by atoms with Gasteiger partial charge in [0.2, 0.25) is 5.95 Å². The van der Waals surface area contributed by atoms with E-state index in [9.17, 15) is 0 Å². The molecule has 0 spiro atoms. The van der Waals surface area contributed by atoms with Crippen molar-refractivity contribution in [1.29, 1.82) is 0 Å². The van der Waals surface area contributed by atoms with Gasteiger partial charge in [0.1, 0.15) is 17.6 Å². The number of ether oxygens (including phenoxy) is 1. The highest BCUT2D eigenvalue weighted by Crippen LogP contribution is 2.32. The molecule has 0 saturated heterocycles. The highest BCUT2D eigenvalue weighted by molar-refractivity contribution is 5.77. The number of rotatable bonds is 4. The van der Waals surface area contributed by atoms with Crippen LogP contribution >= 0.6 is 0 Å². The van der Waals surface area contributed by atoms with Crippen molar-refractivity contribution in [1.82, 2.24) is 14.8 Å². The molecule has 0 amide bonds. The standard InChI is InChI=1S/C20H20N4O/c1-3-25-17-11-9-15(10-12-17)18-13-19(16-7-5-4-6-8-16)24-20(22-18)21-14(2)23-24/h4-13,19H,3H2,1-2H3,(H,21,22,23). The predicted molar refractivity (Wildman–Crippen MR) is 98.6 cm³/mol. The topological polar surface area (TPSA) is 52.0 Å². The molecule has 2 aromatic carbocycles. The van der Waals surface area contributed by atoms with Crippen molar-refractivity contribution in [3.8, 4) is 5.75 Å². The summed E-state index contributed by atoms with van der Waals surface area (Å²) < 4.78 is 7.47. The summed E-state index contributed by atoms with van der Waals surface area (Å²) in [7, 11) is 0. The number of hydrogen-bond donors (Lipinski definition) is 1. The van der Waals surface area contributed by atoms with Crippen LogP contribution in [0, 0.1) is 6.92 Å². The molecule has 1 aliphatic heterocycles. The van der Waals surface area contributed by atoms with Gasteiger partial charge in [0.25, 0.3) is 0 Å². The van der Waals surface area contributed by atoms with Crippen molar-refractivity contribution in [2.24, 2.45) is 0 Å². The summed E-state index contributed by atoms with van der Waals surface area (Å²) in [4.78, 5) is 4.52. The summed E-state index contributed by atoms with van der Waals surface area (Å²) in [5, 5.41) is 7.95. The lowest BCUT2D eigenvalue weighted by molar-refractivity contribution is 0.340. The minimum Gasteiger partial charge on any atom is -0.494 e. The van der Waals surface area contributed by atoms with Crippen LogP contribution in [-0.2, 0) is 0 Å². The Morgan fingerprint density at radius 2 is 1.84 bits per heavy atom. The number of benzene rings is 2. The third-order valence-electron chi connectivity index (χ3n) is 4.19. The van der Waals surface area contributed by atoms with Gasteiger partial charge in [0, 0.05) is 5.70 Å². The molecule has 0 bridgehead atoms. The number of aromatic nitrogens is 3. The maximum absolute atomic E-state index is 5.53. The van der Waals surface area contributed by atoms with Gasteiger partial charge >= 0.3 is 0 Å². The molecule has 0 saturated carbocycles. The Hall–Kier alpha value is -3.08. The van der Waals surface area contributed by atoms with Crippen molar-refractivity contribution in [3.05, 3.63) is 77.6 Å². The Bertz CT molecular complexity index is 897. The van der Waals surface area contributed by atoms with E-state index in [1.54, 1.807) is 0 Å². The maximum Gasteiger partial charge on any atom is 0.226 e. The lowest BCUT2D eigenvalue weighted by atomic mass is 10.0. The molecule has 5 nitrogen and oxygen atoms in total. The van der Waals surface area contributed by atoms with E-state index in [-0.39, 0.29) is 6.04 Å². The molecule has 2 heterocycles. The van der Waals surface area contributed by atoms with Gasteiger partial charge in [-0.05, 0) is 55.3 Å². The fourth-order valence-corrected chi connectivity index (χ4v) is 3.05. The first-order valence-electron chi connectivity index (χ1n) is 8.45. The van der Waals surface area contributed by atoms with E-state index >= 15 is 0 Å². The van der Waals surface area contributed by atoms with E-state index < -0.39 is 0 Å². The number of fused-ring (bicyclic) bond motifs is 1. The second-order valence-electron chi connectivity index (χ2n) is 5.95. The SMILES string of the molecule is CCOc1ccc(C2=CC(c3ccccc3)n3nc(C)nc3N2)cc1. The second-order valence-corrected chi connectivity index (χ2v) is 5.95. The summed E-state index contributed by atoms with van der Waals surface area (Å²) in [5.41, 5.74) is 3.30. The molecule has 1 N–H and O–H groups in total. The van der Waals surface area contributed by atoms with E-state index in [2.05, 4.69) is 45.7 Å². The molecule has 5 heteroatoms. The molecule has 1 atom stereocenters. The Kier molecular flexibility index (Phi) is 3.98. The minimum atomic E-state index is 0.0141. The molecular formula is C20H20N4O. The summed E-state index contributed by atoms with van der Waals surface area (Å²) in [5.74, 6) is 2.39. The van der Waals surface area contributed by atoms with Crippen molar-refractivity contribution in [2.75, 3.05) is 11.9 Å². The van der Waals surface area contributed by atoms with E-state index in [1.807, 2.05) is 48.9 Å². The molecule has 25 heavy (non-hydrogen) atoms. The molecule has 1 unspecified atom stereocenters. The Morgan fingerprint density at radius 3 is 2.56 bits per heavy atom. The van der Waals surface area contributed by atoms with E-state index in [4.69, 9.17) is 4.74 Å². The van der Waals surface area contributed by atoms with Crippen LogP contribution in [0.1, 0.15) is 29.9 Å². The van der Waals surface area contributed by atoms with Crippen LogP contribution in [0.25, 0.3) is 5.70 Å². The summed E-state index contributed by atoms with van der Waals surface area (Å²) in [6.07, 6.45) is 2.19. The lowest BCUT2D eigenvalue weighted by Crippen LogP contribution is -2.20. The third-order valence-corrected chi connectivity index (χ3v) is 4.19. The normalized spacial score (nSPS) is 15.9. The van der Waals surface area contributed by atoms with Crippen LogP contribution in [0.2, 0.25) is 0 Å². The summed E-state index contributed by atoms with van der Waals surface area (Å²) >= 11 is 0. The number of hydrogen-bond acceptors (Lipinski definition) is 4. The van der Waals surface area contributed by atoms with Gasteiger partial charge in [-0.3, -0.25) is 0 Å². The van der Waals surface area contributed by atoms with E-state index in [0.29, 0.717) is 6.61 Å². The summed E-state index contributed by atoms with van der Waals surface area (Å²) in [6, 6.07) is 18.5. The molecule has 3 aromatic rings. The number of aryl methyl sites for hydroxylation is 1. The number of nitrogens with one attached hydrogen (secondary N) is 1. The quantitative estimate of drug-likeness (QED) is 0.783. The largest absolute Gasteiger partial charge is 0.494 e. The first kappa shape index (κ1) is 15.4. The van der Waals surface area contributed by atoms with Crippen LogP contribution in [-0.4, -0.2) is 21.4 Å². The summed E-state index contributed by atoms with van der Waals surface area (Å²) in [6.45, 7) is 4.56. The van der Waals surface area contributed by atoms with Gasteiger partial charge in [-0.15, -0.1) is 0 Å².